The summed E-state index contributed by atoms with van der Waals surface area (Å²) in [5.41, 5.74) is 0. The fourth-order valence-corrected chi connectivity index (χ4v) is 4.02. The molecule has 0 bridgehead atoms. The van der Waals surface area contributed by atoms with Gasteiger partial charge in [-0.2, -0.15) is 0 Å². The van der Waals surface area contributed by atoms with Crippen molar-refractivity contribution in [3.05, 3.63) is 39.4 Å². The summed E-state index contributed by atoms with van der Waals surface area (Å²) in [5.74, 6) is 0. The van der Waals surface area contributed by atoms with E-state index in [0.717, 1.165) is 0 Å². The molecule has 0 unspecified atom stereocenters. The summed E-state index contributed by atoms with van der Waals surface area (Å²) in [6.45, 7) is 71.2. The van der Waals surface area contributed by atoms with Gasteiger partial charge >= 0.3 is 17.4 Å². The SMILES string of the molecule is CC[N+](CC)(CC)CC.CC[N+](CC)(CC)CC.CC[N+](CC)(CC)CC.[C-]#N.[C-]#N.[C-]#N.[C-]#N.[C-]#N.[C-]#N.[Cr+3]. The van der Waals surface area contributed by atoms with Crippen LogP contribution in [0.25, 0.3) is 0 Å². The first-order valence-corrected chi connectivity index (χ1v) is 13.6. The van der Waals surface area contributed by atoms with Gasteiger partial charge in [0.25, 0.3) is 0 Å². The van der Waals surface area contributed by atoms with Gasteiger partial charge in [0.15, 0.2) is 0 Å². The molecule has 9 nitrogen and oxygen atoms in total. The predicted octanol–water partition coefficient (Wildman–Crippen LogP) is 6.22. The summed E-state index contributed by atoms with van der Waals surface area (Å²) in [6.07, 6.45) is 0. The van der Waals surface area contributed by atoms with Gasteiger partial charge in [0.05, 0.1) is 78.5 Å². The second-order valence-electron chi connectivity index (χ2n) is 7.82. The minimum atomic E-state index is 0. The van der Waals surface area contributed by atoms with E-state index in [2.05, 4.69) is 83.1 Å². The molecule has 231 valence electrons. The van der Waals surface area contributed by atoms with Crippen molar-refractivity contribution in [2.24, 2.45) is 0 Å². The predicted molar refractivity (Wildman–Crippen MR) is 157 cm³/mol. The molecule has 40 heavy (non-hydrogen) atoms. The van der Waals surface area contributed by atoms with E-state index in [0.29, 0.717) is 0 Å². The van der Waals surface area contributed by atoms with Crippen molar-refractivity contribution in [1.82, 2.24) is 0 Å². The molecule has 1 radical (unpaired) electrons. The number of quaternary nitrogens is 3. The van der Waals surface area contributed by atoms with E-state index in [1.54, 1.807) is 0 Å². The van der Waals surface area contributed by atoms with Gasteiger partial charge in [-0.05, 0) is 83.1 Å². The van der Waals surface area contributed by atoms with E-state index in [1.807, 2.05) is 0 Å². The van der Waals surface area contributed by atoms with Crippen molar-refractivity contribution in [3.8, 4) is 0 Å². The Kier molecular flexibility index (Phi) is 100. The van der Waals surface area contributed by atoms with Crippen LogP contribution in [0, 0.1) is 71.0 Å². The van der Waals surface area contributed by atoms with Crippen molar-refractivity contribution < 1.29 is 30.8 Å². The average Bonchev–Trinajstić information content (AvgIpc) is 3.08. The summed E-state index contributed by atoms with van der Waals surface area (Å²) in [7, 11) is 0. The maximum absolute atomic E-state index is 6.25. The molecular weight excluding hydrogens is 538 g/mol. The van der Waals surface area contributed by atoms with Crippen LogP contribution >= 0.6 is 0 Å². The number of rotatable bonds is 12. The molecule has 0 rings (SSSR count). The second-order valence-corrected chi connectivity index (χ2v) is 7.82. The Bertz CT molecular complexity index is 380. The normalized spacial score (nSPS) is 8.40. The molecular formula is C30H60CrN9. The van der Waals surface area contributed by atoms with Crippen molar-refractivity contribution in [1.29, 1.82) is 31.6 Å². The molecule has 0 saturated carbocycles. The van der Waals surface area contributed by atoms with Crippen LogP contribution in [0.5, 0.6) is 0 Å². The van der Waals surface area contributed by atoms with Crippen LogP contribution in [0.1, 0.15) is 83.1 Å². The van der Waals surface area contributed by atoms with Gasteiger partial charge in [0.1, 0.15) is 0 Å². The fraction of sp³-hybridized carbons (Fsp3) is 0.800. The largest absolute Gasteiger partial charge is 3.00 e. The summed E-state index contributed by atoms with van der Waals surface area (Å²) >= 11 is 0. The number of hydrogen-bond acceptors (Lipinski definition) is 6. The molecule has 0 amide bonds. The first-order valence-electron chi connectivity index (χ1n) is 13.6. The van der Waals surface area contributed by atoms with E-state index < -0.39 is 0 Å². The van der Waals surface area contributed by atoms with E-state index in [9.17, 15) is 0 Å². The van der Waals surface area contributed by atoms with Crippen LogP contribution in [0.2, 0.25) is 0 Å². The quantitative estimate of drug-likeness (QED) is 0.193. The monoisotopic (exact) mass is 598 g/mol. The molecule has 0 aliphatic heterocycles. The van der Waals surface area contributed by atoms with Gasteiger partial charge in [0, 0.05) is 0 Å². The third-order valence-electron chi connectivity index (χ3n) is 8.05. The molecule has 0 aromatic carbocycles. The number of nitrogens with zero attached hydrogens (tertiary/aromatic N) is 9. The van der Waals surface area contributed by atoms with Gasteiger partial charge in [0.2, 0.25) is 0 Å². The summed E-state index contributed by atoms with van der Waals surface area (Å²) in [4.78, 5) is 0. The van der Waals surface area contributed by atoms with E-state index in [1.165, 1.54) is 92.0 Å². The molecule has 0 aromatic heterocycles. The molecule has 10 heteroatoms. The molecule has 0 aliphatic carbocycles. The zero-order valence-electron chi connectivity index (χ0n) is 27.9. The molecule has 0 fully saturated rings. The zero-order chi connectivity index (χ0) is 34.0. The van der Waals surface area contributed by atoms with Crippen molar-refractivity contribution >= 4 is 0 Å². The molecule has 0 saturated heterocycles. The van der Waals surface area contributed by atoms with E-state index >= 15 is 0 Å². The smallest absolute Gasteiger partial charge is 0.512 e. The van der Waals surface area contributed by atoms with Crippen molar-refractivity contribution in [3.63, 3.8) is 0 Å². The maximum Gasteiger partial charge on any atom is 3.00 e. The van der Waals surface area contributed by atoms with Crippen LogP contribution in [-0.4, -0.2) is 92.0 Å². The van der Waals surface area contributed by atoms with Gasteiger partial charge in [-0.1, -0.05) is 0 Å². The number of hydrogen-bond donors (Lipinski definition) is 0. The standard InChI is InChI=1S/3C8H20N.6CN.Cr/c3*1-5-9(6-2,7-3)8-4;6*1-2;/h3*5-8H2,1-4H3;;;;;;;/q3*+1;6*-1;+3. The average molecular weight is 599 g/mol. The van der Waals surface area contributed by atoms with Gasteiger partial charge < -0.3 is 84.5 Å². The molecule has 0 spiro atoms. The Hall–Kier alpha value is -2.65. The topological polar surface area (TPSA) is 143 Å². The first-order chi connectivity index (χ1) is 18.7. The van der Waals surface area contributed by atoms with Gasteiger partial charge in [-0.3, -0.25) is 0 Å². The van der Waals surface area contributed by atoms with E-state index in [-0.39, 0.29) is 17.4 Å². The van der Waals surface area contributed by atoms with Crippen molar-refractivity contribution in [2.45, 2.75) is 83.1 Å². The van der Waals surface area contributed by atoms with Gasteiger partial charge in [-0.15, -0.1) is 0 Å². The van der Waals surface area contributed by atoms with Crippen LogP contribution in [0.3, 0.4) is 0 Å². The molecule has 0 aliphatic rings. The third kappa shape index (κ3) is 37.5. The fourth-order valence-electron chi connectivity index (χ4n) is 4.02. The molecule has 0 atom stereocenters. The third-order valence-corrected chi connectivity index (χ3v) is 8.05. The Labute approximate surface area is 263 Å². The van der Waals surface area contributed by atoms with Gasteiger partial charge in [-0.25, -0.2) is 0 Å². The second kappa shape index (κ2) is 60.7. The minimum Gasteiger partial charge on any atom is -0.512 e. The summed E-state index contributed by atoms with van der Waals surface area (Å²) in [5, 5.41) is 37.5. The van der Waals surface area contributed by atoms with Crippen LogP contribution in [-0.2, 0) is 17.4 Å². The Balaban J connectivity index is -0.0000000350. The molecule has 0 heterocycles. The Morgan fingerprint density at radius 3 is 0.300 bits per heavy atom. The minimum absolute atomic E-state index is 0. The summed E-state index contributed by atoms with van der Waals surface area (Å²) in [6, 6.07) is 0. The molecule has 0 N–H and O–H groups in total. The Morgan fingerprint density at radius 2 is 0.300 bits per heavy atom. The zero-order valence-corrected chi connectivity index (χ0v) is 29.2. The van der Waals surface area contributed by atoms with Crippen LogP contribution in [0.4, 0.5) is 0 Å². The maximum atomic E-state index is 6.25. The first kappa shape index (κ1) is 66.0. The van der Waals surface area contributed by atoms with Crippen molar-refractivity contribution in [2.75, 3.05) is 78.5 Å². The van der Waals surface area contributed by atoms with Crippen LogP contribution < -0.4 is 0 Å². The van der Waals surface area contributed by atoms with E-state index in [4.69, 9.17) is 71.0 Å². The molecule has 0 aromatic rings. The Morgan fingerprint density at radius 1 is 0.250 bits per heavy atom. The van der Waals surface area contributed by atoms with Crippen LogP contribution in [0.15, 0.2) is 0 Å². The summed E-state index contributed by atoms with van der Waals surface area (Å²) < 4.78 is 3.83.